The van der Waals surface area contributed by atoms with Crippen molar-refractivity contribution in [3.8, 4) is 6.07 Å². The van der Waals surface area contributed by atoms with Crippen molar-refractivity contribution >= 4 is 0 Å². The van der Waals surface area contributed by atoms with Crippen LogP contribution in [0.15, 0.2) is 22.7 Å². The number of nitrogens with zero attached hydrogens (tertiary/aromatic N) is 2. The molecule has 0 fully saturated rings. The molecule has 2 aromatic rings. The molecular weight excluding hydrogens is 257 g/mol. The van der Waals surface area contributed by atoms with Crippen molar-refractivity contribution < 1.29 is 8.91 Å². The number of aryl methyl sites for hydroxylation is 2. The topological polar surface area (TPSA) is 61.9 Å². The molecule has 2 rings (SSSR count). The first kappa shape index (κ1) is 14.2. The summed E-state index contributed by atoms with van der Waals surface area (Å²) in [6.07, 6.45) is 0. The van der Waals surface area contributed by atoms with Crippen LogP contribution in [0.3, 0.4) is 0 Å². The standard InChI is InChI=1S/C15H16FN3O/c1-9(15-10(2)19-20-11(15)3)18-8-13-5-4-12(7-17)6-14(13)16/h4-6,9,18H,8H2,1-3H3. The molecule has 1 N–H and O–H groups in total. The van der Waals surface area contributed by atoms with Crippen LogP contribution in [0.25, 0.3) is 0 Å². The van der Waals surface area contributed by atoms with Gasteiger partial charge in [-0.3, -0.25) is 0 Å². The maximum absolute atomic E-state index is 13.8. The van der Waals surface area contributed by atoms with Gasteiger partial charge in [0.1, 0.15) is 11.6 Å². The molecule has 0 radical (unpaired) electrons. The summed E-state index contributed by atoms with van der Waals surface area (Å²) in [6, 6.07) is 6.41. The van der Waals surface area contributed by atoms with Crippen LogP contribution in [0.2, 0.25) is 0 Å². The summed E-state index contributed by atoms with van der Waals surface area (Å²) >= 11 is 0. The molecule has 0 aliphatic carbocycles. The zero-order valence-corrected chi connectivity index (χ0v) is 11.7. The van der Waals surface area contributed by atoms with Gasteiger partial charge in [0, 0.05) is 23.7 Å². The summed E-state index contributed by atoms with van der Waals surface area (Å²) in [5.74, 6) is 0.394. The minimum atomic E-state index is -0.373. The second-order valence-electron chi connectivity index (χ2n) is 4.76. The van der Waals surface area contributed by atoms with Crippen molar-refractivity contribution in [3.63, 3.8) is 0 Å². The van der Waals surface area contributed by atoms with Gasteiger partial charge < -0.3 is 9.84 Å². The van der Waals surface area contributed by atoms with Crippen molar-refractivity contribution in [1.29, 1.82) is 5.26 Å². The fourth-order valence-electron chi connectivity index (χ4n) is 2.23. The Morgan fingerprint density at radius 2 is 2.20 bits per heavy atom. The van der Waals surface area contributed by atoms with Gasteiger partial charge in [-0.15, -0.1) is 0 Å². The Labute approximate surface area is 117 Å². The average Bonchev–Trinajstić information content (AvgIpc) is 2.76. The van der Waals surface area contributed by atoms with Crippen LogP contribution in [0.4, 0.5) is 4.39 Å². The molecule has 0 aliphatic rings. The van der Waals surface area contributed by atoms with Crippen molar-refractivity contribution in [3.05, 3.63) is 52.2 Å². The first-order chi connectivity index (χ1) is 9.52. The minimum absolute atomic E-state index is 0.0105. The summed E-state index contributed by atoms with van der Waals surface area (Å²) in [5.41, 5.74) is 2.69. The molecule has 0 saturated carbocycles. The second-order valence-corrected chi connectivity index (χ2v) is 4.76. The third kappa shape index (κ3) is 2.86. The van der Waals surface area contributed by atoms with E-state index >= 15 is 0 Å². The molecule has 20 heavy (non-hydrogen) atoms. The number of nitriles is 1. The Kier molecular flexibility index (Phi) is 4.16. The monoisotopic (exact) mass is 273 g/mol. The lowest BCUT2D eigenvalue weighted by molar-refractivity contribution is 0.390. The van der Waals surface area contributed by atoms with Gasteiger partial charge in [0.25, 0.3) is 0 Å². The summed E-state index contributed by atoms with van der Waals surface area (Å²) in [5, 5.41) is 15.9. The van der Waals surface area contributed by atoms with E-state index in [0.717, 1.165) is 17.0 Å². The highest BCUT2D eigenvalue weighted by Gasteiger charge is 2.16. The number of hydrogen-bond acceptors (Lipinski definition) is 4. The highest BCUT2D eigenvalue weighted by atomic mass is 19.1. The van der Waals surface area contributed by atoms with E-state index in [1.165, 1.54) is 6.07 Å². The summed E-state index contributed by atoms with van der Waals surface area (Å²) in [4.78, 5) is 0. The molecule has 0 aliphatic heterocycles. The van der Waals surface area contributed by atoms with Gasteiger partial charge in [0.2, 0.25) is 0 Å². The van der Waals surface area contributed by atoms with E-state index in [1.54, 1.807) is 12.1 Å². The summed E-state index contributed by atoms with van der Waals surface area (Å²) in [7, 11) is 0. The Morgan fingerprint density at radius 1 is 1.45 bits per heavy atom. The molecule has 1 heterocycles. The number of rotatable bonds is 4. The Bertz CT molecular complexity index is 638. The zero-order valence-electron chi connectivity index (χ0n) is 11.7. The van der Waals surface area contributed by atoms with Gasteiger partial charge in [-0.05, 0) is 32.9 Å². The van der Waals surface area contributed by atoms with Crippen LogP contribution in [0, 0.1) is 31.0 Å². The van der Waals surface area contributed by atoms with Crippen molar-refractivity contribution in [2.24, 2.45) is 0 Å². The van der Waals surface area contributed by atoms with Crippen LogP contribution < -0.4 is 5.32 Å². The second kappa shape index (κ2) is 5.85. The van der Waals surface area contributed by atoms with E-state index < -0.39 is 0 Å². The van der Waals surface area contributed by atoms with Crippen LogP contribution in [-0.4, -0.2) is 5.16 Å². The predicted octanol–water partition coefficient (Wildman–Crippen LogP) is 3.15. The fourth-order valence-corrected chi connectivity index (χ4v) is 2.23. The SMILES string of the molecule is Cc1noc(C)c1C(C)NCc1ccc(C#N)cc1F. The first-order valence-corrected chi connectivity index (χ1v) is 6.37. The van der Waals surface area contributed by atoms with Gasteiger partial charge >= 0.3 is 0 Å². The van der Waals surface area contributed by atoms with Crippen LogP contribution in [0.5, 0.6) is 0 Å². The smallest absolute Gasteiger partial charge is 0.138 e. The molecule has 1 aromatic heterocycles. The minimum Gasteiger partial charge on any atom is -0.361 e. The maximum atomic E-state index is 13.8. The van der Waals surface area contributed by atoms with Crippen LogP contribution in [0.1, 0.15) is 41.1 Å². The van der Waals surface area contributed by atoms with Crippen molar-refractivity contribution in [2.45, 2.75) is 33.4 Å². The Balaban J connectivity index is 2.08. The van der Waals surface area contributed by atoms with E-state index in [9.17, 15) is 4.39 Å². The van der Waals surface area contributed by atoms with E-state index in [2.05, 4.69) is 10.5 Å². The first-order valence-electron chi connectivity index (χ1n) is 6.37. The lowest BCUT2D eigenvalue weighted by atomic mass is 10.1. The molecule has 1 atom stereocenters. The van der Waals surface area contributed by atoms with E-state index in [4.69, 9.17) is 9.78 Å². The quantitative estimate of drug-likeness (QED) is 0.929. The highest BCUT2D eigenvalue weighted by Crippen LogP contribution is 2.21. The summed E-state index contributed by atoms with van der Waals surface area (Å²) < 4.78 is 18.9. The van der Waals surface area contributed by atoms with Crippen molar-refractivity contribution in [1.82, 2.24) is 10.5 Å². The highest BCUT2D eigenvalue weighted by molar-refractivity contribution is 5.33. The predicted molar refractivity (Wildman–Crippen MR) is 72.3 cm³/mol. The average molecular weight is 273 g/mol. The molecule has 0 spiro atoms. The molecule has 0 bridgehead atoms. The summed E-state index contributed by atoms with van der Waals surface area (Å²) in [6.45, 7) is 6.10. The molecular formula is C15H16FN3O. The molecule has 1 aromatic carbocycles. The van der Waals surface area contributed by atoms with Crippen LogP contribution >= 0.6 is 0 Å². The normalized spacial score (nSPS) is 12.2. The van der Waals surface area contributed by atoms with Gasteiger partial charge in [0.05, 0.1) is 17.3 Å². The molecule has 5 heteroatoms. The number of nitrogens with one attached hydrogen (secondary N) is 1. The number of hydrogen-bond donors (Lipinski definition) is 1. The van der Waals surface area contributed by atoms with Gasteiger partial charge in [-0.2, -0.15) is 5.26 Å². The number of benzene rings is 1. The van der Waals surface area contributed by atoms with Crippen molar-refractivity contribution in [2.75, 3.05) is 0 Å². The Hall–Kier alpha value is -2.19. The van der Waals surface area contributed by atoms with Gasteiger partial charge in [-0.25, -0.2) is 4.39 Å². The van der Waals surface area contributed by atoms with E-state index in [0.29, 0.717) is 17.7 Å². The lowest BCUT2D eigenvalue weighted by Gasteiger charge is -2.14. The Morgan fingerprint density at radius 3 is 2.75 bits per heavy atom. The molecule has 1 unspecified atom stereocenters. The molecule has 4 nitrogen and oxygen atoms in total. The van der Waals surface area contributed by atoms with E-state index in [1.807, 2.05) is 26.8 Å². The zero-order chi connectivity index (χ0) is 14.7. The van der Waals surface area contributed by atoms with Crippen LogP contribution in [-0.2, 0) is 6.54 Å². The maximum Gasteiger partial charge on any atom is 0.138 e. The lowest BCUT2D eigenvalue weighted by Crippen LogP contribution is -2.19. The third-order valence-electron chi connectivity index (χ3n) is 3.30. The third-order valence-corrected chi connectivity index (χ3v) is 3.30. The fraction of sp³-hybridized carbons (Fsp3) is 0.333. The van der Waals surface area contributed by atoms with Gasteiger partial charge in [-0.1, -0.05) is 11.2 Å². The molecule has 104 valence electrons. The van der Waals surface area contributed by atoms with E-state index in [-0.39, 0.29) is 11.9 Å². The largest absolute Gasteiger partial charge is 0.361 e. The number of halogens is 1. The molecule has 0 saturated heterocycles. The van der Waals surface area contributed by atoms with Gasteiger partial charge in [0.15, 0.2) is 0 Å². The number of aromatic nitrogens is 1. The molecule has 0 amide bonds.